The number of phenols is 1. The van der Waals surface area contributed by atoms with Crippen molar-refractivity contribution in [3.05, 3.63) is 23.3 Å². The molecule has 1 unspecified atom stereocenters. The lowest BCUT2D eigenvalue weighted by Crippen LogP contribution is -2.15. The van der Waals surface area contributed by atoms with Gasteiger partial charge in [-0.2, -0.15) is 0 Å². The van der Waals surface area contributed by atoms with Crippen molar-refractivity contribution in [1.82, 2.24) is 0 Å². The van der Waals surface area contributed by atoms with Crippen molar-refractivity contribution in [2.24, 2.45) is 5.73 Å². The number of ether oxygens (including phenoxy) is 1. The van der Waals surface area contributed by atoms with Crippen molar-refractivity contribution in [3.8, 4) is 11.5 Å². The molecular formula is C11H15NO4. The minimum absolute atomic E-state index is 0.0511. The van der Waals surface area contributed by atoms with Crippen LogP contribution in [-0.4, -0.2) is 23.3 Å². The summed E-state index contributed by atoms with van der Waals surface area (Å²) in [5.74, 6) is -0.433. The number of benzene rings is 1. The Labute approximate surface area is 93.5 Å². The molecule has 0 amide bonds. The molecule has 88 valence electrons. The van der Waals surface area contributed by atoms with Gasteiger partial charge in [0.2, 0.25) is 0 Å². The molecule has 0 bridgehead atoms. The van der Waals surface area contributed by atoms with Crippen molar-refractivity contribution in [3.63, 3.8) is 0 Å². The highest BCUT2D eigenvalue weighted by molar-refractivity contribution is 5.68. The second-order valence-electron chi connectivity index (χ2n) is 3.57. The maximum atomic E-state index is 10.5. The number of carboxylic acid groups (broad SMARTS) is 1. The number of aromatic hydroxyl groups is 1. The topological polar surface area (TPSA) is 92.8 Å². The van der Waals surface area contributed by atoms with E-state index in [0.717, 1.165) is 0 Å². The Morgan fingerprint density at radius 3 is 2.69 bits per heavy atom. The van der Waals surface area contributed by atoms with E-state index < -0.39 is 12.0 Å². The Kier molecular flexibility index (Phi) is 3.73. The van der Waals surface area contributed by atoms with E-state index in [4.69, 9.17) is 15.6 Å². The molecule has 0 aliphatic carbocycles. The number of methoxy groups -OCH3 is 1. The van der Waals surface area contributed by atoms with E-state index in [9.17, 15) is 9.90 Å². The lowest BCUT2D eigenvalue weighted by molar-refractivity contribution is -0.137. The van der Waals surface area contributed by atoms with Crippen LogP contribution in [0.4, 0.5) is 0 Å². The SMILES string of the molecule is COc1cc(C(N)CC(=O)O)cc(O)c1C. The van der Waals surface area contributed by atoms with Crippen LogP contribution < -0.4 is 10.5 Å². The van der Waals surface area contributed by atoms with Crippen LogP contribution in [-0.2, 0) is 4.79 Å². The summed E-state index contributed by atoms with van der Waals surface area (Å²) < 4.78 is 5.06. The molecule has 1 aromatic rings. The normalized spacial score (nSPS) is 12.2. The molecule has 0 fully saturated rings. The number of phenolic OH excluding ortho intramolecular Hbond substituents is 1. The molecule has 4 N–H and O–H groups in total. The third-order valence-electron chi connectivity index (χ3n) is 2.40. The van der Waals surface area contributed by atoms with Crippen molar-refractivity contribution >= 4 is 5.97 Å². The Balaban J connectivity index is 3.05. The zero-order valence-corrected chi connectivity index (χ0v) is 9.23. The minimum atomic E-state index is -0.980. The molecule has 0 spiro atoms. The molecule has 16 heavy (non-hydrogen) atoms. The van der Waals surface area contributed by atoms with Gasteiger partial charge in [-0.1, -0.05) is 0 Å². The molecule has 1 aromatic carbocycles. The van der Waals surface area contributed by atoms with Gasteiger partial charge in [0, 0.05) is 11.6 Å². The van der Waals surface area contributed by atoms with Crippen LogP contribution in [0.1, 0.15) is 23.6 Å². The van der Waals surface area contributed by atoms with Gasteiger partial charge in [0.05, 0.1) is 13.5 Å². The van der Waals surface area contributed by atoms with E-state index in [0.29, 0.717) is 16.9 Å². The Bertz CT molecular complexity index is 403. The molecule has 0 radical (unpaired) electrons. The Morgan fingerprint density at radius 2 is 2.19 bits per heavy atom. The van der Waals surface area contributed by atoms with Gasteiger partial charge in [0.1, 0.15) is 11.5 Å². The first-order valence-electron chi connectivity index (χ1n) is 4.80. The van der Waals surface area contributed by atoms with Crippen LogP contribution in [0, 0.1) is 6.92 Å². The van der Waals surface area contributed by atoms with Gasteiger partial charge >= 0.3 is 5.97 Å². The maximum absolute atomic E-state index is 10.5. The van der Waals surface area contributed by atoms with Crippen LogP contribution in [0.15, 0.2) is 12.1 Å². The van der Waals surface area contributed by atoms with E-state index in [1.54, 1.807) is 13.0 Å². The largest absolute Gasteiger partial charge is 0.508 e. The molecule has 1 atom stereocenters. The molecule has 0 saturated carbocycles. The monoisotopic (exact) mass is 225 g/mol. The highest BCUT2D eigenvalue weighted by Gasteiger charge is 2.14. The summed E-state index contributed by atoms with van der Waals surface area (Å²) in [6.45, 7) is 1.71. The minimum Gasteiger partial charge on any atom is -0.508 e. The number of rotatable bonds is 4. The highest BCUT2D eigenvalue weighted by atomic mass is 16.5. The van der Waals surface area contributed by atoms with Gasteiger partial charge in [-0.25, -0.2) is 0 Å². The summed E-state index contributed by atoms with van der Waals surface area (Å²) in [5, 5.41) is 18.2. The average Bonchev–Trinajstić information content (AvgIpc) is 2.20. The highest BCUT2D eigenvalue weighted by Crippen LogP contribution is 2.31. The number of aliphatic carboxylic acids is 1. The van der Waals surface area contributed by atoms with Gasteiger partial charge in [-0.15, -0.1) is 0 Å². The summed E-state index contributed by atoms with van der Waals surface area (Å²) >= 11 is 0. The van der Waals surface area contributed by atoms with E-state index in [1.807, 2.05) is 0 Å². The van der Waals surface area contributed by atoms with Crippen molar-refractivity contribution < 1.29 is 19.7 Å². The number of carboxylic acids is 1. The number of hydrogen-bond donors (Lipinski definition) is 3. The summed E-state index contributed by atoms with van der Waals surface area (Å²) in [6.07, 6.45) is -0.189. The van der Waals surface area contributed by atoms with Gasteiger partial charge in [0.15, 0.2) is 0 Å². The van der Waals surface area contributed by atoms with Gasteiger partial charge in [-0.05, 0) is 24.6 Å². The van der Waals surface area contributed by atoms with Crippen LogP contribution in [0.25, 0.3) is 0 Å². The van der Waals surface area contributed by atoms with Crippen molar-refractivity contribution in [1.29, 1.82) is 0 Å². The molecule has 0 heterocycles. The first-order chi connectivity index (χ1) is 7.45. The molecule has 5 nitrogen and oxygen atoms in total. The summed E-state index contributed by atoms with van der Waals surface area (Å²) in [7, 11) is 1.48. The number of carbonyl (C=O) groups is 1. The quantitative estimate of drug-likeness (QED) is 0.715. The predicted octanol–water partition coefficient (Wildman–Crippen LogP) is 1.18. The zero-order valence-electron chi connectivity index (χ0n) is 9.23. The summed E-state index contributed by atoms with van der Waals surface area (Å²) in [6, 6.07) is 2.45. The van der Waals surface area contributed by atoms with Crippen LogP contribution >= 0.6 is 0 Å². The van der Waals surface area contributed by atoms with Gasteiger partial charge in [-0.3, -0.25) is 4.79 Å². The average molecular weight is 225 g/mol. The van der Waals surface area contributed by atoms with Crippen molar-refractivity contribution in [2.45, 2.75) is 19.4 Å². The fourth-order valence-corrected chi connectivity index (χ4v) is 1.43. The van der Waals surface area contributed by atoms with Crippen molar-refractivity contribution in [2.75, 3.05) is 7.11 Å². The second kappa shape index (κ2) is 4.85. The summed E-state index contributed by atoms with van der Waals surface area (Å²) in [4.78, 5) is 10.5. The molecule has 0 aliphatic rings. The first-order valence-corrected chi connectivity index (χ1v) is 4.80. The van der Waals surface area contributed by atoms with E-state index in [-0.39, 0.29) is 12.2 Å². The Morgan fingerprint density at radius 1 is 1.56 bits per heavy atom. The van der Waals surface area contributed by atoms with Crippen LogP contribution in [0.2, 0.25) is 0 Å². The number of nitrogens with two attached hydrogens (primary N) is 1. The fourth-order valence-electron chi connectivity index (χ4n) is 1.43. The lowest BCUT2D eigenvalue weighted by Gasteiger charge is -2.13. The van der Waals surface area contributed by atoms with E-state index in [1.165, 1.54) is 13.2 Å². The van der Waals surface area contributed by atoms with Crippen LogP contribution in [0.3, 0.4) is 0 Å². The molecule has 0 saturated heterocycles. The first kappa shape index (κ1) is 12.3. The fraction of sp³-hybridized carbons (Fsp3) is 0.364. The van der Waals surface area contributed by atoms with E-state index >= 15 is 0 Å². The third kappa shape index (κ3) is 2.64. The molecular weight excluding hydrogens is 210 g/mol. The second-order valence-corrected chi connectivity index (χ2v) is 3.57. The predicted molar refractivity (Wildman–Crippen MR) is 58.6 cm³/mol. The van der Waals surface area contributed by atoms with E-state index in [2.05, 4.69) is 0 Å². The Hall–Kier alpha value is -1.75. The molecule has 0 aliphatic heterocycles. The lowest BCUT2D eigenvalue weighted by atomic mass is 10.0. The molecule has 5 heteroatoms. The maximum Gasteiger partial charge on any atom is 0.305 e. The smallest absolute Gasteiger partial charge is 0.305 e. The molecule has 1 rings (SSSR count). The zero-order chi connectivity index (χ0) is 12.3. The van der Waals surface area contributed by atoms with Gasteiger partial charge in [0.25, 0.3) is 0 Å². The standard InChI is InChI=1S/C11H15NO4/c1-6-9(13)3-7(4-10(6)16-2)8(12)5-11(14)15/h3-4,8,13H,5,12H2,1-2H3,(H,14,15). The summed E-state index contributed by atoms with van der Waals surface area (Å²) in [5.41, 5.74) is 6.84. The number of hydrogen-bond acceptors (Lipinski definition) is 4. The third-order valence-corrected chi connectivity index (χ3v) is 2.40. The van der Waals surface area contributed by atoms with Gasteiger partial charge < -0.3 is 20.7 Å². The molecule has 0 aromatic heterocycles. The van der Waals surface area contributed by atoms with Crippen LogP contribution in [0.5, 0.6) is 11.5 Å².